The molecule has 1 N–H and O–H groups in total. The van der Waals surface area contributed by atoms with E-state index in [1.54, 1.807) is 0 Å². The molecule has 3 heteroatoms. The highest BCUT2D eigenvalue weighted by atomic mass is 16.5. The van der Waals surface area contributed by atoms with Crippen LogP contribution in [0.25, 0.3) is 0 Å². The third-order valence-corrected chi connectivity index (χ3v) is 3.09. The Hall–Kier alpha value is -1.35. The lowest BCUT2D eigenvalue weighted by Crippen LogP contribution is -2.25. The molecule has 86 valence electrons. The quantitative estimate of drug-likeness (QED) is 0.776. The number of rotatable bonds is 2. The first-order chi connectivity index (χ1) is 7.72. The summed E-state index contributed by atoms with van der Waals surface area (Å²) in [6.07, 6.45) is 1.83. The monoisotopic (exact) mass is 219 g/mol. The number of carbonyl (C=O) groups excluding carboxylic acids is 1. The van der Waals surface area contributed by atoms with E-state index in [0.29, 0.717) is 6.04 Å². The average molecular weight is 219 g/mol. The molecule has 1 aromatic rings. The standard InChI is InChI=1S/C13H17NO2/c1-9(15)16-13-8-7-12(14-2)10-5-3-4-6-11(10)13/h3-6,12-14H,7-8H2,1-2H3. The minimum Gasteiger partial charge on any atom is -0.458 e. The van der Waals surface area contributed by atoms with Crippen molar-refractivity contribution in [3.63, 3.8) is 0 Å². The van der Waals surface area contributed by atoms with Crippen LogP contribution >= 0.6 is 0 Å². The Morgan fingerprint density at radius 3 is 2.62 bits per heavy atom. The Balaban J connectivity index is 2.31. The van der Waals surface area contributed by atoms with Gasteiger partial charge in [0.05, 0.1) is 0 Å². The van der Waals surface area contributed by atoms with E-state index in [9.17, 15) is 4.79 Å². The van der Waals surface area contributed by atoms with E-state index in [1.165, 1.54) is 12.5 Å². The normalized spacial score (nSPS) is 23.6. The first kappa shape index (κ1) is 11.1. The summed E-state index contributed by atoms with van der Waals surface area (Å²) in [5.74, 6) is -0.206. The summed E-state index contributed by atoms with van der Waals surface area (Å²) in [6.45, 7) is 1.47. The zero-order chi connectivity index (χ0) is 11.5. The molecule has 0 heterocycles. The molecular weight excluding hydrogens is 202 g/mol. The predicted molar refractivity (Wildman–Crippen MR) is 62.0 cm³/mol. The van der Waals surface area contributed by atoms with Crippen LogP contribution in [0.2, 0.25) is 0 Å². The largest absolute Gasteiger partial charge is 0.458 e. The van der Waals surface area contributed by atoms with E-state index in [4.69, 9.17) is 4.74 Å². The van der Waals surface area contributed by atoms with Crippen molar-refractivity contribution in [1.82, 2.24) is 5.32 Å². The minimum atomic E-state index is -0.206. The molecule has 0 aliphatic heterocycles. The Bertz CT molecular complexity index is 389. The van der Waals surface area contributed by atoms with Crippen molar-refractivity contribution in [2.45, 2.75) is 31.9 Å². The van der Waals surface area contributed by atoms with Gasteiger partial charge in [-0.15, -0.1) is 0 Å². The molecule has 2 rings (SSSR count). The van der Waals surface area contributed by atoms with E-state index >= 15 is 0 Å². The van der Waals surface area contributed by atoms with Gasteiger partial charge in [-0.25, -0.2) is 0 Å². The van der Waals surface area contributed by atoms with Crippen LogP contribution in [-0.4, -0.2) is 13.0 Å². The van der Waals surface area contributed by atoms with Crippen LogP contribution in [0, 0.1) is 0 Å². The van der Waals surface area contributed by atoms with Gasteiger partial charge in [-0.2, -0.15) is 0 Å². The van der Waals surface area contributed by atoms with Gasteiger partial charge in [0.1, 0.15) is 6.10 Å². The van der Waals surface area contributed by atoms with E-state index in [-0.39, 0.29) is 12.1 Å². The fourth-order valence-corrected chi connectivity index (χ4v) is 2.37. The van der Waals surface area contributed by atoms with Gasteiger partial charge in [0, 0.05) is 13.0 Å². The SMILES string of the molecule is CNC1CCC(OC(C)=O)c2ccccc21. The minimum absolute atomic E-state index is 0.0710. The number of hydrogen-bond acceptors (Lipinski definition) is 3. The molecule has 0 saturated carbocycles. The molecular formula is C13H17NO2. The summed E-state index contributed by atoms with van der Waals surface area (Å²) in [7, 11) is 1.97. The van der Waals surface area contributed by atoms with Crippen molar-refractivity contribution in [2.24, 2.45) is 0 Å². The highest BCUT2D eigenvalue weighted by molar-refractivity contribution is 5.66. The number of esters is 1. The Labute approximate surface area is 95.8 Å². The molecule has 1 aromatic carbocycles. The summed E-state index contributed by atoms with van der Waals surface area (Å²) < 4.78 is 5.34. The lowest BCUT2D eigenvalue weighted by molar-refractivity contribution is -0.147. The molecule has 0 radical (unpaired) electrons. The number of ether oxygens (including phenoxy) is 1. The highest BCUT2D eigenvalue weighted by Gasteiger charge is 2.27. The van der Waals surface area contributed by atoms with Crippen LogP contribution in [0.5, 0.6) is 0 Å². The third-order valence-electron chi connectivity index (χ3n) is 3.09. The molecule has 0 aromatic heterocycles. The van der Waals surface area contributed by atoms with Gasteiger partial charge < -0.3 is 10.1 Å². The summed E-state index contributed by atoms with van der Waals surface area (Å²) in [4.78, 5) is 11.0. The molecule has 16 heavy (non-hydrogen) atoms. The molecule has 2 atom stereocenters. The van der Waals surface area contributed by atoms with Crippen LogP contribution in [0.1, 0.15) is 43.0 Å². The van der Waals surface area contributed by atoms with E-state index in [0.717, 1.165) is 18.4 Å². The van der Waals surface area contributed by atoms with Gasteiger partial charge in [-0.1, -0.05) is 24.3 Å². The van der Waals surface area contributed by atoms with E-state index in [2.05, 4.69) is 11.4 Å². The second kappa shape index (κ2) is 4.66. The van der Waals surface area contributed by atoms with Crippen LogP contribution in [0.4, 0.5) is 0 Å². The summed E-state index contributed by atoms with van der Waals surface area (Å²) in [5.41, 5.74) is 2.39. The Morgan fingerprint density at radius 2 is 2.00 bits per heavy atom. The number of nitrogens with one attached hydrogen (secondary N) is 1. The first-order valence-electron chi connectivity index (χ1n) is 5.65. The van der Waals surface area contributed by atoms with Gasteiger partial charge in [0.2, 0.25) is 0 Å². The second-order valence-corrected chi connectivity index (χ2v) is 4.15. The lowest BCUT2D eigenvalue weighted by Gasteiger charge is -2.30. The van der Waals surface area contributed by atoms with Crippen LogP contribution in [0.3, 0.4) is 0 Å². The van der Waals surface area contributed by atoms with Gasteiger partial charge in [-0.3, -0.25) is 4.79 Å². The molecule has 0 amide bonds. The number of fused-ring (bicyclic) bond motifs is 1. The maximum atomic E-state index is 11.0. The van der Waals surface area contributed by atoms with Crippen molar-refractivity contribution in [2.75, 3.05) is 7.05 Å². The van der Waals surface area contributed by atoms with E-state index < -0.39 is 0 Å². The van der Waals surface area contributed by atoms with Gasteiger partial charge in [0.25, 0.3) is 0 Å². The number of carbonyl (C=O) groups is 1. The maximum absolute atomic E-state index is 11.0. The average Bonchev–Trinajstić information content (AvgIpc) is 2.29. The molecule has 1 aliphatic carbocycles. The van der Waals surface area contributed by atoms with Crippen LogP contribution in [-0.2, 0) is 9.53 Å². The van der Waals surface area contributed by atoms with Crippen LogP contribution < -0.4 is 5.32 Å². The molecule has 0 bridgehead atoms. The Kier molecular flexibility index (Phi) is 3.25. The fourth-order valence-electron chi connectivity index (χ4n) is 2.37. The lowest BCUT2D eigenvalue weighted by atomic mass is 9.86. The van der Waals surface area contributed by atoms with Gasteiger partial charge >= 0.3 is 5.97 Å². The van der Waals surface area contributed by atoms with Crippen LogP contribution in [0.15, 0.2) is 24.3 Å². The first-order valence-corrected chi connectivity index (χ1v) is 5.65. The zero-order valence-corrected chi connectivity index (χ0v) is 9.69. The summed E-state index contributed by atoms with van der Waals surface area (Å²) in [6, 6.07) is 8.55. The molecule has 0 saturated heterocycles. The topological polar surface area (TPSA) is 38.3 Å². The molecule has 0 fully saturated rings. The van der Waals surface area contributed by atoms with Crippen molar-refractivity contribution in [3.05, 3.63) is 35.4 Å². The smallest absolute Gasteiger partial charge is 0.303 e. The van der Waals surface area contributed by atoms with Gasteiger partial charge in [-0.05, 0) is 31.0 Å². The maximum Gasteiger partial charge on any atom is 0.303 e. The molecule has 1 aliphatic rings. The summed E-state index contributed by atoms with van der Waals surface area (Å²) >= 11 is 0. The number of benzene rings is 1. The van der Waals surface area contributed by atoms with Crippen molar-refractivity contribution < 1.29 is 9.53 Å². The predicted octanol–water partition coefficient (Wildman–Crippen LogP) is 2.35. The fraction of sp³-hybridized carbons (Fsp3) is 0.462. The van der Waals surface area contributed by atoms with Crippen molar-refractivity contribution in [1.29, 1.82) is 0 Å². The summed E-state index contributed by atoms with van der Waals surface area (Å²) in [5, 5.41) is 3.29. The highest BCUT2D eigenvalue weighted by Crippen LogP contribution is 2.37. The number of hydrogen-bond donors (Lipinski definition) is 1. The molecule has 2 unspecified atom stereocenters. The second-order valence-electron chi connectivity index (χ2n) is 4.15. The molecule has 0 spiro atoms. The zero-order valence-electron chi connectivity index (χ0n) is 9.69. The van der Waals surface area contributed by atoms with Gasteiger partial charge in [0.15, 0.2) is 0 Å². The van der Waals surface area contributed by atoms with Crippen molar-refractivity contribution in [3.8, 4) is 0 Å². The van der Waals surface area contributed by atoms with E-state index in [1.807, 2.05) is 25.2 Å². The third kappa shape index (κ3) is 2.09. The van der Waals surface area contributed by atoms with Crippen molar-refractivity contribution >= 4 is 5.97 Å². The Morgan fingerprint density at radius 1 is 1.31 bits per heavy atom. The molecule has 3 nitrogen and oxygen atoms in total.